The van der Waals surface area contributed by atoms with Crippen molar-refractivity contribution in [3.05, 3.63) is 0 Å². The molecular formula is C12H23NaO13. The first-order valence-corrected chi connectivity index (χ1v) is 6.78. The van der Waals surface area contributed by atoms with E-state index in [-0.39, 0.29) is 35.8 Å². The van der Waals surface area contributed by atoms with Gasteiger partial charge in [0.25, 0.3) is 0 Å². The quantitative estimate of drug-likeness (QED) is 0.121. The molecule has 0 aliphatic carbocycles. The smallest absolute Gasteiger partial charge is 0.547 e. The summed E-state index contributed by atoms with van der Waals surface area (Å²) in [5, 5.41) is 97.0. The van der Waals surface area contributed by atoms with Gasteiger partial charge in [0.1, 0.15) is 48.8 Å². The number of rotatable bonds is 10. The number of carbonyl (C=O) groups excluding carboxylic acids is 2. The number of hydrogen-bond donors (Lipinski definition) is 10. The molecule has 8 atom stereocenters. The van der Waals surface area contributed by atoms with Crippen molar-refractivity contribution in [3.63, 3.8) is 0 Å². The number of hydrogen-bond acceptors (Lipinski definition) is 13. The topological polar surface area (TPSA) is 259 Å². The van der Waals surface area contributed by atoms with Crippen LogP contribution in [-0.4, -0.2) is 125 Å². The Morgan fingerprint density at radius 3 is 1.38 bits per heavy atom. The zero-order chi connectivity index (χ0) is 20.3. The van der Waals surface area contributed by atoms with E-state index in [0.717, 1.165) is 0 Å². The van der Waals surface area contributed by atoms with Crippen LogP contribution in [0.4, 0.5) is 0 Å². The maximum Gasteiger partial charge on any atom is 1.00 e. The molecule has 150 valence electrons. The summed E-state index contributed by atoms with van der Waals surface area (Å²) in [6.45, 7) is -1.62. The zero-order valence-electron chi connectivity index (χ0n) is 13.8. The molecule has 14 heteroatoms. The molecule has 0 saturated heterocycles. The van der Waals surface area contributed by atoms with Crippen molar-refractivity contribution in [1.29, 1.82) is 0 Å². The first-order chi connectivity index (χ1) is 11.5. The summed E-state index contributed by atoms with van der Waals surface area (Å²) in [7, 11) is 0. The SMILES string of the molecule is O=C([O-])[C@H](O)[C@@H](O)[C@H](O)[C@H](O)CO.O=C[C@H](O)[C@@H](O)[C@H](O)[C@H](O)CO.[Na+]. The van der Waals surface area contributed by atoms with Crippen LogP contribution in [-0.2, 0) is 9.59 Å². The van der Waals surface area contributed by atoms with Gasteiger partial charge >= 0.3 is 29.6 Å². The van der Waals surface area contributed by atoms with Crippen molar-refractivity contribution in [2.75, 3.05) is 13.2 Å². The first kappa shape index (κ1) is 30.5. The summed E-state index contributed by atoms with van der Waals surface area (Å²) in [5.41, 5.74) is 0. The standard InChI is InChI=1S/C6H12O7.C6H12O6.Na/c7-1-2(8)3(9)4(10)5(11)6(12)13;7-1-3(9)5(11)6(12)4(10)2-8;/h2-5,7-11H,1H2,(H,12,13);1,3-6,8-12H,2H2;/q;;+1/p-1/t2-,3-,4+,5-;3-,4+,5+,6+;/m10./s1. The number of carbonyl (C=O) groups is 2. The molecule has 0 amide bonds. The Bertz CT molecular complexity index is 384. The van der Waals surface area contributed by atoms with E-state index in [1.54, 1.807) is 0 Å². The Morgan fingerprint density at radius 1 is 0.769 bits per heavy atom. The van der Waals surface area contributed by atoms with Crippen molar-refractivity contribution < 1.29 is 95.3 Å². The fourth-order valence-corrected chi connectivity index (χ4v) is 1.28. The summed E-state index contributed by atoms with van der Waals surface area (Å²) < 4.78 is 0. The molecule has 0 fully saturated rings. The van der Waals surface area contributed by atoms with Crippen LogP contribution in [0.15, 0.2) is 0 Å². The van der Waals surface area contributed by atoms with Gasteiger partial charge < -0.3 is 65.8 Å². The van der Waals surface area contributed by atoms with E-state index in [1.807, 2.05) is 0 Å². The molecule has 0 aliphatic rings. The minimum Gasteiger partial charge on any atom is -0.547 e. The van der Waals surface area contributed by atoms with E-state index >= 15 is 0 Å². The van der Waals surface area contributed by atoms with Crippen molar-refractivity contribution in [1.82, 2.24) is 0 Å². The summed E-state index contributed by atoms with van der Waals surface area (Å²) in [5.74, 6) is -1.98. The second kappa shape index (κ2) is 15.8. The monoisotopic (exact) mass is 398 g/mol. The molecule has 0 radical (unpaired) electrons. The van der Waals surface area contributed by atoms with Crippen LogP contribution >= 0.6 is 0 Å². The molecule has 0 heterocycles. The maximum atomic E-state index is 9.98. The normalized spacial score (nSPS) is 19.9. The summed E-state index contributed by atoms with van der Waals surface area (Å²) in [6.07, 6.45) is -14.9. The third kappa shape index (κ3) is 10.8. The molecule has 10 N–H and O–H groups in total. The third-order valence-corrected chi connectivity index (χ3v) is 2.92. The minimum atomic E-state index is -2.31. The number of aliphatic hydroxyl groups excluding tert-OH is 10. The maximum absolute atomic E-state index is 9.98. The van der Waals surface area contributed by atoms with Crippen LogP contribution in [0.5, 0.6) is 0 Å². The number of aldehydes is 1. The average Bonchev–Trinajstić information content (AvgIpc) is 2.62. The fraction of sp³-hybridized carbons (Fsp3) is 0.833. The van der Waals surface area contributed by atoms with Gasteiger partial charge in [0.15, 0.2) is 6.29 Å². The minimum absolute atomic E-state index is 0. The molecule has 0 bridgehead atoms. The largest absolute Gasteiger partial charge is 1.00 e. The Morgan fingerprint density at radius 2 is 1.12 bits per heavy atom. The molecule has 13 nitrogen and oxygen atoms in total. The van der Waals surface area contributed by atoms with Gasteiger partial charge in [0, 0.05) is 0 Å². The van der Waals surface area contributed by atoms with Gasteiger partial charge in [-0.05, 0) is 0 Å². The van der Waals surface area contributed by atoms with Gasteiger partial charge in [-0.15, -0.1) is 0 Å². The molecule has 0 aromatic heterocycles. The third-order valence-electron chi connectivity index (χ3n) is 2.92. The Labute approximate surface area is 169 Å². The second-order valence-electron chi connectivity index (χ2n) is 4.85. The van der Waals surface area contributed by atoms with Gasteiger partial charge in [0.2, 0.25) is 0 Å². The van der Waals surface area contributed by atoms with Gasteiger partial charge in [-0.1, -0.05) is 0 Å². The fourth-order valence-electron chi connectivity index (χ4n) is 1.28. The van der Waals surface area contributed by atoms with E-state index in [2.05, 4.69) is 0 Å². The van der Waals surface area contributed by atoms with Crippen LogP contribution in [0.1, 0.15) is 0 Å². The van der Waals surface area contributed by atoms with Gasteiger partial charge in [-0.3, -0.25) is 0 Å². The molecular weight excluding hydrogens is 375 g/mol. The number of aliphatic carboxylic acids is 1. The first-order valence-electron chi connectivity index (χ1n) is 6.78. The van der Waals surface area contributed by atoms with Crippen molar-refractivity contribution >= 4 is 12.3 Å². The Kier molecular flexibility index (Phi) is 18.5. The summed E-state index contributed by atoms with van der Waals surface area (Å²) >= 11 is 0. The predicted octanol–water partition coefficient (Wildman–Crippen LogP) is -11.2. The van der Waals surface area contributed by atoms with E-state index in [0.29, 0.717) is 0 Å². The Balaban J connectivity index is -0.000000393. The molecule has 0 aliphatic heterocycles. The van der Waals surface area contributed by atoms with E-state index < -0.39 is 68.0 Å². The Hall–Kier alpha value is -0.260. The number of aliphatic hydroxyl groups is 10. The molecule has 0 aromatic carbocycles. The van der Waals surface area contributed by atoms with Crippen molar-refractivity contribution in [3.8, 4) is 0 Å². The van der Waals surface area contributed by atoms with Gasteiger partial charge in [-0.25, -0.2) is 0 Å². The predicted molar refractivity (Wildman–Crippen MR) is 73.3 cm³/mol. The van der Waals surface area contributed by atoms with E-state index in [1.165, 1.54) is 0 Å². The van der Waals surface area contributed by atoms with Crippen molar-refractivity contribution in [2.45, 2.75) is 48.8 Å². The van der Waals surface area contributed by atoms with Crippen LogP contribution in [0.25, 0.3) is 0 Å². The molecule has 0 unspecified atom stereocenters. The van der Waals surface area contributed by atoms with Crippen LogP contribution in [0, 0.1) is 0 Å². The van der Waals surface area contributed by atoms with Gasteiger partial charge in [-0.2, -0.15) is 0 Å². The van der Waals surface area contributed by atoms with Gasteiger partial charge in [0.05, 0.1) is 19.2 Å². The van der Waals surface area contributed by atoms with E-state index in [4.69, 9.17) is 51.1 Å². The molecule has 0 rings (SSSR count). The summed E-state index contributed by atoms with van der Waals surface area (Å²) in [4.78, 5) is 19.9. The van der Waals surface area contributed by atoms with Crippen LogP contribution in [0.2, 0.25) is 0 Å². The van der Waals surface area contributed by atoms with Crippen LogP contribution < -0.4 is 34.7 Å². The second-order valence-corrected chi connectivity index (χ2v) is 4.85. The number of carboxylic acids is 1. The molecule has 0 aromatic rings. The average molecular weight is 398 g/mol. The number of carboxylic acid groups (broad SMARTS) is 1. The van der Waals surface area contributed by atoms with Crippen molar-refractivity contribution in [2.24, 2.45) is 0 Å². The molecule has 0 spiro atoms. The zero-order valence-corrected chi connectivity index (χ0v) is 15.8. The molecule has 26 heavy (non-hydrogen) atoms. The summed E-state index contributed by atoms with van der Waals surface area (Å²) in [6, 6.07) is 0. The van der Waals surface area contributed by atoms with E-state index in [9.17, 15) is 14.7 Å². The molecule has 0 saturated carbocycles. The van der Waals surface area contributed by atoms with Crippen LogP contribution in [0.3, 0.4) is 0 Å².